The van der Waals surface area contributed by atoms with Gasteiger partial charge in [0.25, 0.3) is 0 Å². The van der Waals surface area contributed by atoms with E-state index < -0.39 is 0 Å². The summed E-state index contributed by atoms with van der Waals surface area (Å²) in [6.45, 7) is 4.43. The average molecular weight is 271 g/mol. The summed E-state index contributed by atoms with van der Waals surface area (Å²) in [4.78, 5) is 2.86. The van der Waals surface area contributed by atoms with Crippen molar-refractivity contribution in [3.8, 4) is 0 Å². The fraction of sp³-hybridized carbons (Fsp3) is 0.412. The number of anilines is 1. The number of benzene rings is 1. The number of thiophene rings is 1. The summed E-state index contributed by atoms with van der Waals surface area (Å²) in [5.41, 5.74) is 4.31. The molecule has 3 rings (SSSR count). The average Bonchev–Trinajstić information content (AvgIpc) is 3.01. The number of hydrogen-bond acceptors (Lipinski definition) is 2. The van der Waals surface area contributed by atoms with E-state index in [0.29, 0.717) is 6.04 Å². The predicted molar refractivity (Wildman–Crippen MR) is 84.2 cm³/mol. The minimum absolute atomic E-state index is 0.482. The zero-order chi connectivity index (χ0) is 13.2. The lowest BCUT2D eigenvalue weighted by Gasteiger charge is -2.08. The van der Waals surface area contributed by atoms with Crippen molar-refractivity contribution >= 4 is 17.0 Å². The van der Waals surface area contributed by atoms with Crippen molar-refractivity contribution in [2.75, 3.05) is 5.32 Å². The van der Waals surface area contributed by atoms with E-state index in [1.165, 1.54) is 45.8 Å². The van der Waals surface area contributed by atoms with Gasteiger partial charge >= 0.3 is 0 Å². The number of fused-ring (bicyclic) bond motifs is 1. The first kappa shape index (κ1) is 12.7. The van der Waals surface area contributed by atoms with Crippen LogP contribution in [0.15, 0.2) is 30.3 Å². The van der Waals surface area contributed by atoms with Crippen LogP contribution in [0.1, 0.15) is 46.7 Å². The molecule has 1 atom stereocenters. The van der Waals surface area contributed by atoms with Gasteiger partial charge in [-0.15, -0.1) is 11.3 Å². The summed E-state index contributed by atoms with van der Waals surface area (Å²) < 4.78 is 0. The lowest BCUT2D eigenvalue weighted by Crippen LogP contribution is -2.02. The first-order chi connectivity index (χ1) is 9.26. The second kappa shape index (κ2) is 5.38. The number of hydrogen-bond donors (Lipinski definition) is 1. The van der Waals surface area contributed by atoms with E-state index >= 15 is 0 Å². The molecule has 0 amide bonds. The van der Waals surface area contributed by atoms with Crippen LogP contribution in [0.5, 0.6) is 0 Å². The van der Waals surface area contributed by atoms with Crippen LogP contribution in [0, 0.1) is 6.92 Å². The monoisotopic (exact) mass is 271 g/mol. The van der Waals surface area contributed by atoms with E-state index in [9.17, 15) is 0 Å². The van der Waals surface area contributed by atoms with Crippen LogP contribution in [-0.2, 0) is 12.8 Å². The molecule has 0 bridgehead atoms. The lowest BCUT2D eigenvalue weighted by molar-refractivity contribution is 0.793. The second-order valence-electron chi connectivity index (χ2n) is 5.44. The van der Waals surface area contributed by atoms with Crippen molar-refractivity contribution in [2.45, 2.75) is 45.6 Å². The molecule has 0 saturated heterocycles. The minimum atomic E-state index is 0.482. The van der Waals surface area contributed by atoms with Gasteiger partial charge in [-0.3, -0.25) is 0 Å². The molecule has 1 aliphatic rings. The van der Waals surface area contributed by atoms with Crippen molar-refractivity contribution in [1.82, 2.24) is 0 Å². The Hall–Kier alpha value is -1.28. The fourth-order valence-electron chi connectivity index (χ4n) is 2.76. The van der Waals surface area contributed by atoms with Gasteiger partial charge in [0.05, 0.1) is 6.04 Å². The summed E-state index contributed by atoms with van der Waals surface area (Å²) in [6.07, 6.45) is 4.91. The molecular formula is C17H21NS. The van der Waals surface area contributed by atoms with Crippen LogP contribution < -0.4 is 5.32 Å². The highest BCUT2D eigenvalue weighted by Crippen LogP contribution is 2.37. The van der Waals surface area contributed by atoms with E-state index in [-0.39, 0.29) is 0 Å². The molecule has 0 radical (unpaired) electrons. The fourth-order valence-corrected chi connectivity index (χ4v) is 3.69. The molecule has 2 heterocycles. The van der Waals surface area contributed by atoms with Gasteiger partial charge in [0.2, 0.25) is 0 Å². The van der Waals surface area contributed by atoms with Crippen molar-refractivity contribution in [2.24, 2.45) is 0 Å². The van der Waals surface area contributed by atoms with Gasteiger partial charge < -0.3 is 5.32 Å². The molecule has 1 aliphatic heterocycles. The summed E-state index contributed by atoms with van der Waals surface area (Å²) in [5, 5.41) is 3.66. The Labute approximate surface area is 119 Å². The molecule has 1 unspecified atom stereocenters. The first-order valence-corrected chi connectivity index (χ1v) is 8.02. The molecule has 0 aliphatic carbocycles. The minimum Gasteiger partial charge on any atom is -0.377 e. The molecule has 2 heteroatoms. The van der Waals surface area contributed by atoms with Crippen LogP contribution >= 0.6 is 11.3 Å². The van der Waals surface area contributed by atoms with Crippen molar-refractivity contribution in [3.05, 3.63) is 51.2 Å². The topological polar surface area (TPSA) is 12.0 Å². The van der Waals surface area contributed by atoms with Gasteiger partial charge in [-0.2, -0.15) is 0 Å². The Balaban J connectivity index is 1.76. The van der Waals surface area contributed by atoms with E-state index in [1.807, 2.05) is 11.3 Å². The molecule has 1 nitrogen and oxygen atoms in total. The van der Waals surface area contributed by atoms with E-state index in [4.69, 9.17) is 0 Å². The van der Waals surface area contributed by atoms with Crippen LogP contribution in [0.2, 0.25) is 0 Å². The summed E-state index contributed by atoms with van der Waals surface area (Å²) in [5.74, 6) is 0. The summed E-state index contributed by atoms with van der Waals surface area (Å²) in [6, 6.07) is 11.9. The normalized spacial score (nSPS) is 17.3. The van der Waals surface area contributed by atoms with Gasteiger partial charge in [0.1, 0.15) is 0 Å². The SMILES string of the molecule is CCCCc1ccc2c(c1)CC(c1ccc(C)s1)N2. The van der Waals surface area contributed by atoms with Crippen molar-refractivity contribution in [3.63, 3.8) is 0 Å². The van der Waals surface area contributed by atoms with Crippen LogP contribution in [0.3, 0.4) is 0 Å². The Kier molecular flexibility index (Phi) is 3.61. The molecule has 0 saturated carbocycles. The highest BCUT2D eigenvalue weighted by molar-refractivity contribution is 7.12. The Morgan fingerprint density at radius 2 is 2.16 bits per heavy atom. The molecule has 1 aromatic carbocycles. The maximum absolute atomic E-state index is 3.66. The molecule has 19 heavy (non-hydrogen) atoms. The maximum atomic E-state index is 3.66. The highest BCUT2D eigenvalue weighted by Gasteiger charge is 2.23. The Morgan fingerprint density at radius 1 is 1.26 bits per heavy atom. The third-order valence-corrected chi connectivity index (χ3v) is 4.96. The third-order valence-electron chi connectivity index (χ3n) is 3.85. The standard InChI is InChI=1S/C17H21NS/c1-3-4-5-13-7-8-15-14(10-13)11-16(18-15)17-9-6-12(2)19-17/h6-10,16,18H,3-5,11H2,1-2H3. The molecular weight excluding hydrogens is 250 g/mol. The van der Waals surface area contributed by atoms with E-state index in [0.717, 1.165) is 6.42 Å². The molecule has 0 spiro atoms. The number of rotatable bonds is 4. The van der Waals surface area contributed by atoms with Crippen LogP contribution in [0.4, 0.5) is 5.69 Å². The van der Waals surface area contributed by atoms with Gasteiger partial charge in [-0.05, 0) is 55.5 Å². The summed E-state index contributed by atoms with van der Waals surface area (Å²) >= 11 is 1.91. The highest BCUT2D eigenvalue weighted by atomic mass is 32.1. The van der Waals surface area contributed by atoms with Crippen molar-refractivity contribution < 1.29 is 0 Å². The summed E-state index contributed by atoms with van der Waals surface area (Å²) in [7, 11) is 0. The molecule has 1 N–H and O–H groups in total. The largest absolute Gasteiger partial charge is 0.377 e. The predicted octanol–water partition coefficient (Wildman–Crippen LogP) is 5.11. The van der Waals surface area contributed by atoms with Crippen molar-refractivity contribution in [1.29, 1.82) is 0 Å². The third kappa shape index (κ3) is 2.69. The lowest BCUT2D eigenvalue weighted by atomic mass is 10.0. The number of unbranched alkanes of at least 4 members (excludes halogenated alkanes) is 1. The van der Waals surface area contributed by atoms with Gasteiger partial charge in [-0.25, -0.2) is 0 Å². The number of aryl methyl sites for hydroxylation is 2. The zero-order valence-electron chi connectivity index (χ0n) is 11.7. The quantitative estimate of drug-likeness (QED) is 0.815. The van der Waals surface area contributed by atoms with Crippen LogP contribution in [-0.4, -0.2) is 0 Å². The molecule has 1 aromatic heterocycles. The molecule has 100 valence electrons. The molecule has 2 aromatic rings. The van der Waals surface area contributed by atoms with E-state index in [2.05, 4.69) is 49.5 Å². The smallest absolute Gasteiger partial charge is 0.0647 e. The maximum Gasteiger partial charge on any atom is 0.0647 e. The second-order valence-corrected chi connectivity index (χ2v) is 6.76. The van der Waals surface area contributed by atoms with Crippen LogP contribution in [0.25, 0.3) is 0 Å². The Bertz CT molecular complexity index is 570. The van der Waals surface area contributed by atoms with Gasteiger partial charge in [0.15, 0.2) is 0 Å². The van der Waals surface area contributed by atoms with Gasteiger partial charge in [0, 0.05) is 15.4 Å². The van der Waals surface area contributed by atoms with E-state index in [1.54, 1.807) is 0 Å². The zero-order valence-corrected chi connectivity index (χ0v) is 12.5. The molecule has 0 fully saturated rings. The Morgan fingerprint density at radius 3 is 2.89 bits per heavy atom. The van der Waals surface area contributed by atoms with Gasteiger partial charge in [-0.1, -0.05) is 25.5 Å². The number of nitrogens with one attached hydrogen (secondary N) is 1. The first-order valence-electron chi connectivity index (χ1n) is 7.21.